The predicted octanol–water partition coefficient (Wildman–Crippen LogP) is 1.57. The Morgan fingerprint density at radius 3 is 2.48 bits per heavy atom. The third-order valence-corrected chi connectivity index (χ3v) is 4.21. The number of amides is 1. The highest BCUT2D eigenvalue weighted by molar-refractivity contribution is 9.10. The number of halogens is 1. The van der Waals surface area contributed by atoms with E-state index in [1.165, 1.54) is 24.3 Å². The van der Waals surface area contributed by atoms with Crippen LogP contribution in [0, 0.1) is 0 Å². The molecule has 0 aliphatic heterocycles. The number of nitrogens with zero attached hydrogens (tertiary/aromatic N) is 2. The van der Waals surface area contributed by atoms with Crippen LogP contribution in [0.25, 0.3) is 0 Å². The summed E-state index contributed by atoms with van der Waals surface area (Å²) >= 11 is 3.27. The van der Waals surface area contributed by atoms with E-state index >= 15 is 0 Å². The number of sulfonamides is 1. The van der Waals surface area contributed by atoms with Crippen molar-refractivity contribution in [2.75, 3.05) is 5.32 Å². The van der Waals surface area contributed by atoms with Gasteiger partial charge in [0.1, 0.15) is 0 Å². The van der Waals surface area contributed by atoms with Crippen LogP contribution in [0.5, 0.6) is 0 Å². The predicted molar refractivity (Wildman–Crippen MR) is 81.4 cm³/mol. The summed E-state index contributed by atoms with van der Waals surface area (Å²) in [6, 6.07) is 5.57. The molecule has 1 aromatic heterocycles. The zero-order chi connectivity index (χ0) is 15.6. The second-order valence-corrected chi connectivity index (χ2v) is 6.62. The second-order valence-electron chi connectivity index (χ2n) is 4.20. The summed E-state index contributed by atoms with van der Waals surface area (Å²) < 4.78 is 24.5. The number of benzene rings is 1. The molecule has 0 atom stereocenters. The maximum Gasteiger partial charge on any atom is 0.277 e. The van der Waals surface area contributed by atoms with Crippen molar-refractivity contribution in [2.45, 2.75) is 18.4 Å². The van der Waals surface area contributed by atoms with Crippen LogP contribution >= 0.6 is 15.9 Å². The lowest BCUT2D eigenvalue weighted by Gasteiger charge is -2.04. The number of primary sulfonamides is 1. The molecule has 7 nitrogen and oxygen atoms in total. The van der Waals surface area contributed by atoms with E-state index in [0.29, 0.717) is 16.7 Å². The van der Waals surface area contributed by atoms with Gasteiger partial charge in [-0.25, -0.2) is 13.6 Å². The number of aromatic nitrogens is 2. The lowest BCUT2D eigenvalue weighted by atomic mass is 10.3. The maximum absolute atomic E-state index is 12.1. The summed E-state index contributed by atoms with van der Waals surface area (Å²) in [5.74, 6) is -0.391. The number of hydrogen-bond acceptors (Lipinski definition) is 4. The van der Waals surface area contributed by atoms with Gasteiger partial charge in [0.05, 0.1) is 9.37 Å². The van der Waals surface area contributed by atoms with E-state index in [0.717, 1.165) is 0 Å². The third-order valence-electron chi connectivity index (χ3n) is 2.70. The van der Waals surface area contributed by atoms with Crippen molar-refractivity contribution >= 4 is 37.5 Å². The van der Waals surface area contributed by atoms with E-state index in [2.05, 4.69) is 26.3 Å². The first-order chi connectivity index (χ1) is 9.81. The van der Waals surface area contributed by atoms with Crippen molar-refractivity contribution in [3.8, 4) is 0 Å². The number of carbonyl (C=O) groups excluding carboxylic acids is 1. The Hall–Kier alpha value is -1.71. The summed E-state index contributed by atoms with van der Waals surface area (Å²) in [6.45, 7) is 2.56. The molecule has 0 saturated carbocycles. The molecule has 0 saturated heterocycles. The minimum absolute atomic E-state index is 0.0167. The van der Waals surface area contributed by atoms with Crippen molar-refractivity contribution in [1.82, 2.24) is 9.78 Å². The van der Waals surface area contributed by atoms with Crippen LogP contribution in [0.3, 0.4) is 0 Å². The zero-order valence-corrected chi connectivity index (χ0v) is 13.5. The molecule has 21 heavy (non-hydrogen) atoms. The minimum Gasteiger partial charge on any atom is -0.321 e. The Morgan fingerprint density at radius 2 is 2.00 bits per heavy atom. The number of carbonyl (C=O) groups is 1. The molecular formula is C12H13BrN4O3S. The fourth-order valence-corrected chi connectivity index (χ4v) is 2.64. The minimum atomic E-state index is -3.74. The van der Waals surface area contributed by atoms with Crippen LogP contribution in [-0.4, -0.2) is 24.1 Å². The van der Waals surface area contributed by atoms with Gasteiger partial charge in [-0.3, -0.25) is 9.48 Å². The summed E-state index contributed by atoms with van der Waals surface area (Å²) in [4.78, 5) is 12.1. The van der Waals surface area contributed by atoms with Crippen LogP contribution in [-0.2, 0) is 16.6 Å². The molecule has 3 N–H and O–H groups in total. The summed E-state index contributed by atoms with van der Waals surface area (Å²) in [6.07, 6.45) is 1.71. The third kappa shape index (κ3) is 3.69. The quantitative estimate of drug-likeness (QED) is 0.848. The van der Waals surface area contributed by atoms with E-state index in [4.69, 9.17) is 5.14 Å². The summed E-state index contributed by atoms with van der Waals surface area (Å²) in [5.41, 5.74) is 0.706. The van der Waals surface area contributed by atoms with Crippen LogP contribution in [0.4, 0.5) is 5.69 Å². The van der Waals surface area contributed by atoms with E-state index in [1.54, 1.807) is 10.9 Å². The zero-order valence-electron chi connectivity index (χ0n) is 11.1. The molecule has 0 bridgehead atoms. The number of nitrogens with one attached hydrogen (secondary N) is 1. The van der Waals surface area contributed by atoms with Gasteiger partial charge < -0.3 is 5.32 Å². The van der Waals surface area contributed by atoms with Gasteiger partial charge in [-0.15, -0.1) is 0 Å². The molecule has 9 heteroatoms. The Morgan fingerprint density at radius 1 is 1.38 bits per heavy atom. The van der Waals surface area contributed by atoms with Gasteiger partial charge in [0, 0.05) is 18.4 Å². The normalized spacial score (nSPS) is 11.4. The smallest absolute Gasteiger partial charge is 0.277 e. The largest absolute Gasteiger partial charge is 0.321 e. The van der Waals surface area contributed by atoms with E-state index in [9.17, 15) is 13.2 Å². The van der Waals surface area contributed by atoms with Gasteiger partial charge in [-0.2, -0.15) is 5.10 Å². The molecule has 0 radical (unpaired) electrons. The SMILES string of the molecule is CCn1cc(Br)c(C(=O)Nc2ccc(S(N)(=O)=O)cc2)n1. The number of rotatable bonds is 4. The molecule has 0 spiro atoms. The lowest BCUT2D eigenvalue weighted by molar-refractivity contribution is 0.102. The number of aryl methyl sites for hydroxylation is 1. The van der Waals surface area contributed by atoms with Gasteiger partial charge >= 0.3 is 0 Å². The highest BCUT2D eigenvalue weighted by atomic mass is 79.9. The van der Waals surface area contributed by atoms with Gasteiger partial charge in [-0.05, 0) is 47.1 Å². The topological polar surface area (TPSA) is 107 Å². The molecule has 2 rings (SSSR count). The van der Waals surface area contributed by atoms with Crippen molar-refractivity contribution < 1.29 is 13.2 Å². The molecule has 1 heterocycles. The number of nitrogens with two attached hydrogens (primary N) is 1. The van der Waals surface area contributed by atoms with Crippen molar-refractivity contribution in [1.29, 1.82) is 0 Å². The molecular weight excluding hydrogens is 360 g/mol. The summed E-state index contributed by atoms with van der Waals surface area (Å²) in [7, 11) is -3.74. The number of anilines is 1. The fourth-order valence-electron chi connectivity index (χ4n) is 1.63. The maximum atomic E-state index is 12.1. The van der Waals surface area contributed by atoms with Gasteiger partial charge in [0.15, 0.2) is 5.69 Å². The highest BCUT2D eigenvalue weighted by Gasteiger charge is 2.15. The van der Waals surface area contributed by atoms with Crippen LogP contribution in [0.1, 0.15) is 17.4 Å². The molecule has 1 aromatic carbocycles. The molecule has 112 valence electrons. The van der Waals surface area contributed by atoms with Crippen LogP contribution < -0.4 is 10.5 Å². The monoisotopic (exact) mass is 372 g/mol. The molecule has 0 unspecified atom stereocenters. The summed E-state index contributed by atoms with van der Waals surface area (Å²) in [5, 5.41) is 11.8. The first-order valence-corrected chi connectivity index (χ1v) is 8.32. The molecule has 0 aliphatic carbocycles. The van der Waals surface area contributed by atoms with Crippen LogP contribution in [0.15, 0.2) is 39.8 Å². The molecule has 0 aliphatic rings. The number of hydrogen-bond donors (Lipinski definition) is 2. The van der Waals surface area contributed by atoms with Crippen molar-refractivity contribution in [2.24, 2.45) is 5.14 Å². The Balaban J connectivity index is 2.18. The fraction of sp³-hybridized carbons (Fsp3) is 0.167. The lowest BCUT2D eigenvalue weighted by Crippen LogP contribution is -2.15. The average Bonchev–Trinajstić information content (AvgIpc) is 2.80. The van der Waals surface area contributed by atoms with Gasteiger partial charge in [0.2, 0.25) is 10.0 Å². The molecule has 2 aromatic rings. The van der Waals surface area contributed by atoms with Crippen molar-refractivity contribution in [3.05, 3.63) is 40.6 Å². The Labute approximate surface area is 130 Å². The highest BCUT2D eigenvalue weighted by Crippen LogP contribution is 2.18. The van der Waals surface area contributed by atoms with E-state index in [1.807, 2.05) is 6.92 Å². The van der Waals surface area contributed by atoms with Gasteiger partial charge in [-0.1, -0.05) is 0 Å². The Bertz CT molecular complexity index is 768. The van der Waals surface area contributed by atoms with Crippen molar-refractivity contribution in [3.63, 3.8) is 0 Å². The first kappa shape index (κ1) is 15.7. The van der Waals surface area contributed by atoms with E-state index < -0.39 is 15.9 Å². The average molecular weight is 373 g/mol. The molecule has 0 fully saturated rings. The van der Waals surface area contributed by atoms with Crippen LogP contribution in [0.2, 0.25) is 0 Å². The van der Waals surface area contributed by atoms with E-state index in [-0.39, 0.29) is 10.6 Å². The van der Waals surface area contributed by atoms with Gasteiger partial charge in [0.25, 0.3) is 5.91 Å². The molecule has 1 amide bonds. The Kier molecular flexibility index (Phi) is 4.45. The second kappa shape index (κ2) is 5.96. The standard InChI is InChI=1S/C12H13BrN4O3S/c1-2-17-7-10(13)11(16-17)12(18)15-8-3-5-9(6-4-8)21(14,19)20/h3-7H,2H2,1H3,(H,15,18)(H2,14,19,20). The first-order valence-electron chi connectivity index (χ1n) is 5.98.